The molecule has 126 valence electrons. The van der Waals surface area contributed by atoms with E-state index in [1.54, 1.807) is 12.4 Å². The second-order valence-electron chi connectivity index (χ2n) is 6.29. The molecule has 2 atom stereocenters. The van der Waals surface area contributed by atoms with E-state index in [0.717, 1.165) is 24.9 Å². The van der Waals surface area contributed by atoms with E-state index in [2.05, 4.69) is 17.1 Å². The van der Waals surface area contributed by atoms with Crippen LogP contribution in [-0.4, -0.2) is 41.1 Å². The van der Waals surface area contributed by atoms with Crippen LogP contribution < -0.4 is 0 Å². The van der Waals surface area contributed by atoms with Crippen LogP contribution in [0.5, 0.6) is 0 Å². The Bertz CT molecular complexity index is 687. The second-order valence-corrected chi connectivity index (χ2v) is 6.29. The van der Waals surface area contributed by atoms with Gasteiger partial charge in [-0.3, -0.25) is 9.78 Å². The van der Waals surface area contributed by atoms with Crippen molar-refractivity contribution in [2.24, 2.45) is 0 Å². The molecule has 0 bridgehead atoms. The number of aryl methyl sites for hydroxylation is 1. The maximum atomic E-state index is 13.0. The average molecular weight is 324 g/mol. The second kappa shape index (κ2) is 7.58. The van der Waals surface area contributed by atoms with Gasteiger partial charge in [-0.25, -0.2) is 0 Å². The van der Waals surface area contributed by atoms with E-state index in [4.69, 9.17) is 4.74 Å². The number of nitrogens with zero attached hydrogens (tertiary/aromatic N) is 2. The van der Waals surface area contributed by atoms with E-state index in [-0.39, 0.29) is 18.1 Å². The van der Waals surface area contributed by atoms with E-state index in [1.165, 1.54) is 5.56 Å². The Morgan fingerprint density at radius 3 is 2.79 bits per heavy atom. The molecule has 4 nitrogen and oxygen atoms in total. The van der Waals surface area contributed by atoms with Crippen molar-refractivity contribution in [3.05, 3.63) is 65.5 Å². The Morgan fingerprint density at radius 1 is 1.29 bits per heavy atom. The van der Waals surface area contributed by atoms with E-state index in [1.807, 2.05) is 43.0 Å². The van der Waals surface area contributed by atoms with Crippen molar-refractivity contribution in [2.75, 3.05) is 13.2 Å². The predicted octanol–water partition coefficient (Wildman–Crippen LogP) is 3.25. The fraction of sp³-hybridized carbons (Fsp3) is 0.400. The molecule has 1 aliphatic rings. The van der Waals surface area contributed by atoms with Crippen molar-refractivity contribution < 1.29 is 9.53 Å². The summed E-state index contributed by atoms with van der Waals surface area (Å²) in [6.45, 7) is 5.37. The molecule has 1 aromatic heterocycles. The predicted molar refractivity (Wildman–Crippen MR) is 94.0 cm³/mol. The van der Waals surface area contributed by atoms with Crippen LogP contribution in [0.4, 0.5) is 0 Å². The molecule has 0 aliphatic carbocycles. The van der Waals surface area contributed by atoms with Crippen LogP contribution in [0.2, 0.25) is 0 Å². The smallest absolute Gasteiger partial charge is 0.255 e. The minimum atomic E-state index is 0.0503. The first-order chi connectivity index (χ1) is 11.7. The molecule has 1 amide bonds. The molecule has 1 aliphatic heterocycles. The van der Waals surface area contributed by atoms with Gasteiger partial charge in [0.25, 0.3) is 5.91 Å². The third-order valence-electron chi connectivity index (χ3n) is 4.54. The minimum absolute atomic E-state index is 0.0503. The summed E-state index contributed by atoms with van der Waals surface area (Å²) in [6.07, 6.45) is 5.22. The highest BCUT2D eigenvalue weighted by atomic mass is 16.5. The van der Waals surface area contributed by atoms with Crippen molar-refractivity contribution >= 4 is 5.91 Å². The fourth-order valence-corrected chi connectivity index (χ4v) is 3.42. The van der Waals surface area contributed by atoms with Crippen molar-refractivity contribution in [1.82, 2.24) is 9.88 Å². The summed E-state index contributed by atoms with van der Waals surface area (Å²) in [5, 5.41) is 0. The highest BCUT2D eigenvalue weighted by molar-refractivity contribution is 5.94. The van der Waals surface area contributed by atoms with Crippen LogP contribution in [0.15, 0.2) is 48.8 Å². The molecular formula is C20H24N2O2. The van der Waals surface area contributed by atoms with Crippen LogP contribution in [0.25, 0.3) is 0 Å². The molecule has 2 aromatic rings. The van der Waals surface area contributed by atoms with Gasteiger partial charge >= 0.3 is 0 Å². The van der Waals surface area contributed by atoms with Crippen LogP contribution in [-0.2, 0) is 11.2 Å². The van der Waals surface area contributed by atoms with Gasteiger partial charge in [0.1, 0.15) is 0 Å². The van der Waals surface area contributed by atoms with E-state index in [0.29, 0.717) is 12.2 Å². The molecule has 3 rings (SSSR count). The molecule has 0 spiro atoms. The molecule has 4 heteroatoms. The number of likely N-dealkylation sites (tertiary alicyclic amines) is 1. The first kappa shape index (κ1) is 16.7. The summed E-state index contributed by atoms with van der Waals surface area (Å²) in [7, 11) is 0. The average Bonchev–Trinajstić information content (AvgIpc) is 2.98. The third kappa shape index (κ3) is 3.65. The number of pyridine rings is 1. The van der Waals surface area contributed by atoms with Crippen molar-refractivity contribution in [2.45, 2.75) is 38.8 Å². The molecule has 0 saturated carbocycles. The summed E-state index contributed by atoms with van der Waals surface area (Å²) >= 11 is 0. The Morgan fingerprint density at radius 2 is 2.08 bits per heavy atom. The number of benzene rings is 1. The molecular weight excluding hydrogens is 300 g/mol. The van der Waals surface area contributed by atoms with Gasteiger partial charge in [0, 0.05) is 25.5 Å². The van der Waals surface area contributed by atoms with Gasteiger partial charge in [-0.1, -0.05) is 30.3 Å². The van der Waals surface area contributed by atoms with Crippen LogP contribution in [0.3, 0.4) is 0 Å². The van der Waals surface area contributed by atoms with E-state index in [9.17, 15) is 4.79 Å². The van der Waals surface area contributed by atoms with Crippen molar-refractivity contribution in [1.29, 1.82) is 0 Å². The number of rotatable bonds is 5. The molecule has 0 N–H and O–H groups in total. The largest absolute Gasteiger partial charge is 0.376 e. The van der Waals surface area contributed by atoms with Crippen molar-refractivity contribution in [3.63, 3.8) is 0 Å². The first-order valence-corrected chi connectivity index (χ1v) is 8.57. The van der Waals surface area contributed by atoms with E-state index < -0.39 is 0 Å². The minimum Gasteiger partial charge on any atom is -0.376 e. The molecule has 1 saturated heterocycles. The number of carbonyl (C=O) groups is 1. The summed E-state index contributed by atoms with van der Waals surface area (Å²) in [4.78, 5) is 19.1. The normalized spacial score (nSPS) is 20.3. The number of hydrogen-bond donors (Lipinski definition) is 0. The van der Waals surface area contributed by atoms with Gasteiger partial charge in [0.05, 0.1) is 17.7 Å². The summed E-state index contributed by atoms with van der Waals surface area (Å²) in [6, 6.07) is 12.3. The van der Waals surface area contributed by atoms with Crippen LogP contribution in [0.1, 0.15) is 34.8 Å². The van der Waals surface area contributed by atoms with Gasteiger partial charge < -0.3 is 9.64 Å². The van der Waals surface area contributed by atoms with E-state index >= 15 is 0 Å². The van der Waals surface area contributed by atoms with Gasteiger partial charge in [0.2, 0.25) is 0 Å². The van der Waals surface area contributed by atoms with Gasteiger partial charge in [0.15, 0.2) is 0 Å². The number of hydrogen-bond acceptors (Lipinski definition) is 3. The maximum Gasteiger partial charge on any atom is 0.255 e. The molecule has 0 unspecified atom stereocenters. The van der Waals surface area contributed by atoms with Gasteiger partial charge in [-0.2, -0.15) is 0 Å². The highest BCUT2D eigenvalue weighted by Crippen LogP contribution is 2.26. The molecule has 1 aromatic carbocycles. The summed E-state index contributed by atoms with van der Waals surface area (Å²) in [5.41, 5.74) is 2.89. The lowest BCUT2D eigenvalue weighted by molar-refractivity contribution is 0.0312. The Kier molecular flexibility index (Phi) is 5.26. The van der Waals surface area contributed by atoms with Crippen LogP contribution in [0, 0.1) is 6.92 Å². The summed E-state index contributed by atoms with van der Waals surface area (Å²) < 4.78 is 5.92. The van der Waals surface area contributed by atoms with Crippen LogP contribution >= 0.6 is 0 Å². The zero-order valence-electron chi connectivity index (χ0n) is 14.3. The number of carbonyl (C=O) groups excluding carboxylic acids is 1. The third-order valence-corrected chi connectivity index (χ3v) is 4.54. The number of aromatic nitrogens is 1. The monoisotopic (exact) mass is 324 g/mol. The first-order valence-electron chi connectivity index (χ1n) is 8.57. The standard InChI is InChI=1S/C20H24N2O2/c1-3-24-19-9-10-22(18(19)12-16-7-5-4-6-8-16)20(23)17-11-15(2)13-21-14-17/h4-8,11,13-14,18-19H,3,9-10,12H2,1-2H3/t18-,19-/m1/s1. The molecule has 2 heterocycles. The van der Waals surface area contributed by atoms with Gasteiger partial charge in [-0.05, 0) is 43.9 Å². The zero-order chi connectivity index (χ0) is 16.9. The lowest BCUT2D eigenvalue weighted by Gasteiger charge is -2.28. The molecule has 24 heavy (non-hydrogen) atoms. The highest BCUT2D eigenvalue weighted by Gasteiger charge is 2.37. The Hall–Kier alpha value is -2.20. The fourth-order valence-electron chi connectivity index (χ4n) is 3.42. The maximum absolute atomic E-state index is 13.0. The van der Waals surface area contributed by atoms with Gasteiger partial charge in [-0.15, -0.1) is 0 Å². The SMILES string of the molecule is CCO[C@@H]1CCN(C(=O)c2cncc(C)c2)[C@@H]1Cc1ccccc1. The number of ether oxygens (including phenoxy) is 1. The Balaban J connectivity index is 1.83. The number of amides is 1. The molecule has 0 radical (unpaired) electrons. The lowest BCUT2D eigenvalue weighted by Crippen LogP contribution is -2.42. The zero-order valence-corrected chi connectivity index (χ0v) is 14.3. The topological polar surface area (TPSA) is 42.4 Å². The Labute approximate surface area is 143 Å². The quantitative estimate of drug-likeness (QED) is 0.848. The van der Waals surface area contributed by atoms with Crippen molar-refractivity contribution in [3.8, 4) is 0 Å². The lowest BCUT2D eigenvalue weighted by atomic mass is 10.0. The summed E-state index contributed by atoms with van der Waals surface area (Å²) in [5.74, 6) is 0.0503. The molecule has 1 fully saturated rings.